The number of hydrogen-bond donors (Lipinski definition) is 0. The molecule has 0 spiro atoms. The first-order chi connectivity index (χ1) is 13.5. The molecule has 7 heteroatoms. The molecule has 0 bridgehead atoms. The quantitative estimate of drug-likeness (QED) is 0.639. The van der Waals surface area contributed by atoms with Crippen LogP contribution in [0.4, 0.5) is 0 Å². The molecular formula is C21H18N2O4S. The number of hydrogen-bond acceptors (Lipinski definition) is 6. The Hall–Kier alpha value is -3.19. The molecule has 1 unspecified atom stereocenters. The van der Waals surface area contributed by atoms with E-state index in [2.05, 4.69) is 4.99 Å². The molecule has 3 aromatic rings. The minimum atomic E-state index is -0.592. The molecule has 1 atom stereocenters. The van der Waals surface area contributed by atoms with Crippen LogP contribution in [0.1, 0.15) is 30.0 Å². The molecule has 0 radical (unpaired) electrons. The van der Waals surface area contributed by atoms with Crippen molar-refractivity contribution in [2.24, 2.45) is 4.99 Å². The first-order valence-electron chi connectivity index (χ1n) is 8.72. The number of carbonyl (C=O) groups excluding carboxylic acids is 1. The van der Waals surface area contributed by atoms with E-state index in [0.29, 0.717) is 26.4 Å². The van der Waals surface area contributed by atoms with Gasteiger partial charge in [-0.25, -0.2) is 9.79 Å². The Labute approximate surface area is 164 Å². The number of allylic oxidation sites excluding steroid dienone is 1. The largest absolute Gasteiger partial charge is 0.466 e. The van der Waals surface area contributed by atoms with Gasteiger partial charge in [0.15, 0.2) is 4.80 Å². The van der Waals surface area contributed by atoms with Crippen molar-refractivity contribution in [1.82, 2.24) is 4.57 Å². The Morgan fingerprint density at radius 1 is 1.21 bits per heavy atom. The fourth-order valence-corrected chi connectivity index (χ4v) is 4.33. The summed E-state index contributed by atoms with van der Waals surface area (Å²) >= 11 is 1.27. The van der Waals surface area contributed by atoms with Crippen LogP contribution in [0, 0.1) is 6.92 Å². The summed E-state index contributed by atoms with van der Waals surface area (Å²) < 4.78 is 12.6. The zero-order valence-corrected chi connectivity index (χ0v) is 16.4. The second-order valence-electron chi connectivity index (χ2n) is 6.43. The average Bonchev–Trinajstić information content (AvgIpc) is 3.24. The molecule has 6 nitrogen and oxygen atoms in total. The van der Waals surface area contributed by atoms with E-state index in [-0.39, 0.29) is 5.56 Å². The van der Waals surface area contributed by atoms with Crippen LogP contribution in [0.5, 0.6) is 0 Å². The van der Waals surface area contributed by atoms with Crippen molar-refractivity contribution in [3.05, 3.63) is 90.5 Å². The summed E-state index contributed by atoms with van der Waals surface area (Å²) in [4.78, 5) is 30.8. The maximum atomic E-state index is 13.2. The van der Waals surface area contributed by atoms with E-state index < -0.39 is 12.0 Å². The summed E-state index contributed by atoms with van der Waals surface area (Å²) in [7, 11) is 1.33. The molecule has 0 saturated carbocycles. The number of ether oxygens (including phenoxy) is 1. The summed E-state index contributed by atoms with van der Waals surface area (Å²) in [6.07, 6.45) is 1.70. The molecule has 4 rings (SSSR count). The van der Waals surface area contributed by atoms with Gasteiger partial charge < -0.3 is 9.15 Å². The van der Waals surface area contributed by atoms with Crippen molar-refractivity contribution in [3.8, 4) is 0 Å². The fraction of sp³-hybridized carbons (Fsp3) is 0.190. The zero-order chi connectivity index (χ0) is 19.8. The number of fused-ring (bicyclic) bond motifs is 1. The van der Waals surface area contributed by atoms with Gasteiger partial charge in [0.2, 0.25) is 0 Å². The first-order valence-corrected chi connectivity index (χ1v) is 9.53. The number of aryl methyl sites for hydroxylation is 1. The number of benzene rings is 1. The van der Waals surface area contributed by atoms with Gasteiger partial charge >= 0.3 is 5.97 Å². The molecule has 0 aliphatic carbocycles. The molecule has 1 aliphatic heterocycles. The van der Waals surface area contributed by atoms with Gasteiger partial charge in [0.05, 0.1) is 29.0 Å². The number of aromatic nitrogens is 1. The lowest BCUT2D eigenvalue weighted by atomic mass is 9.96. The van der Waals surface area contributed by atoms with Gasteiger partial charge in [-0.2, -0.15) is 0 Å². The Bertz CT molecular complexity index is 1260. The smallest absolute Gasteiger partial charge is 0.338 e. The van der Waals surface area contributed by atoms with Gasteiger partial charge in [0.25, 0.3) is 5.56 Å². The highest BCUT2D eigenvalue weighted by atomic mass is 32.1. The highest BCUT2D eigenvalue weighted by molar-refractivity contribution is 7.07. The van der Waals surface area contributed by atoms with Crippen LogP contribution in [0.2, 0.25) is 0 Å². The number of methoxy groups -OCH3 is 1. The zero-order valence-electron chi connectivity index (χ0n) is 15.6. The van der Waals surface area contributed by atoms with E-state index in [1.54, 1.807) is 17.6 Å². The molecule has 2 aromatic heterocycles. The van der Waals surface area contributed by atoms with Crippen molar-refractivity contribution < 1.29 is 13.9 Å². The van der Waals surface area contributed by atoms with E-state index >= 15 is 0 Å². The third-order valence-corrected chi connectivity index (χ3v) is 5.56. The van der Waals surface area contributed by atoms with Crippen LogP contribution in [0.3, 0.4) is 0 Å². The van der Waals surface area contributed by atoms with Crippen LogP contribution in [0.25, 0.3) is 6.08 Å². The maximum Gasteiger partial charge on any atom is 0.338 e. The molecule has 0 fully saturated rings. The van der Waals surface area contributed by atoms with E-state index in [4.69, 9.17) is 9.15 Å². The predicted molar refractivity (Wildman–Crippen MR) is 106 cm³/mol. The topological polar surface area (TPSA) is 73.8 Å². The van der Waals surface area contributed by atoms with Crippen LogP contribution in [-0.2, 0) is 9.53 Å². The van der Waals surface area contributed by atoms with Gasteiger partial charge in [0, 0.05) is 6.08 Å². The summed E-state index contributed by atoms with van der Waals surface area (Å²) in [5.41, 5.74) is 1.50. The lowest BCUT2D eigenvalue weighted by Crippen LogP contribution is -2.39. The third kappa shape index (κ3) is 3.03. The van der Waals surface area contributed by atoms with Crippen LogP contribution in [-0.4, -0.2) is 17.6 Å². The van der Waals surface area contributed by atoms with E-state index in [0.717, 1.165) is 11.3 Å². The summed E-state index contributed by atoms with van der Waals surface area (Å²) in [6.45, 7) is 3.61. The van der Waals surface area contributed by atoms with E-state index in [1.165, 1.54) is 18.4 Å². The lowest BCUT2D eigenvalue weighted by molar-refractivity contribution is -0.136. The molecule has 1 aliphatic rings. The summed E-state index contributed by atoms with van der Waals surface area (Å²) in [5, 5.41) is 0. The van der Waals surface area contributed by atoms with Crippen molar-refractivity contribution in [3.63, 3.8) is 0 Å². The molecule has 0 N–H and O–H groups in total. The Kier molecular flexibility index (Phi) is 4.60. The fourth-order valence-electron chi connectivity index (χ4n) is 3.30. The average molecular weight is 394 g/mol. The summed E-state index contributed by atoms with van der Waals surface area (Å²) in [6, 6.07) is 12.5. The minimum absolute atomic E-state index is 0.222. The minimum Gasteiger partial charge on any atom is -0.466 e. The van der Waals surface area contributed by atoms with Crippen LogP contribution < -0.4 is 14.9 Å². The van der Waals surface area contributed by atoms with E-state index in [9.17, 15) is 9.59 Å². The highest BCUT2D eigenvalue weighted by Crippen LogP contribution is 2.30. The standard InChI is InChI=1S/C21H18N2O4S/c1-12-9-10-15(27-12)11-16-19(24)23-18(14-7-5-4-6-8-14)17(20(25)26-3)13(2)22-21(23)28-16/h4-11,18H,1-3H3/b16-11-. The normalized spacial score (nSPS) is 16.7. The molecule has 28 heavy (non-hydrogen) atoms. The Balaban J connectivity index is 1.99. The van der Waals surface area contributed by atoms with Gasteiger partial charge in [-0.3, -0.25) is 9.36 Å². The molecular weight excluding hydrogens is 376 g/mol. The van der Waals surface area contributed by atoms with Gasteiger partial charge in [0.1, 0.15) is 11.5 Å². The van der Waals surface area contributed by atoms with Gasteiger partial charge in [-0.15, -0.1) is 0 Å². The number of thiazole rings is 1. The monoisotopic (exact) mass is 394 g/mol. The second-order valence-corrected chi connectivity index (χ2v) is 7.44. The predicted octanol–water partition coefficient (Wildman–Crippen LogP) is 2.31. The highest BCUT2D eigenvalue weighted by Gasteiger charge is 2.32. The molecule has 1 aromatic carbocycles. The number of furan rings is 1. The number of carbonyl (C=O) groups is 1. The second kappa shape index (κ2) is 7.09. The molecule has 0 saturated heterocycles. The number of rotatable bonds is 3. The van der Waals surface area contributed by atoms with Gasteiger partial charge in [-0.05, 0) is 31.5 Å². The van der Waals surface area contributed by atoms with Crippen molar-refractivity contribution in [2.45, 2.75) is 19.9 Å². The van der Waals surface area contributed by atoms with Crippen LogP contribution >= 0.6 is 11.3 Å². The lowest BCUT2D eigenvalue weighted by Gasteiger charge is -2.24. The number of nitrogens with zero attached hydrogens (tertiary/aromatic N) is 2. The Morgan fingerprint density at radius 3 is 2.61 bits per heavy atom. The number of esters is 1. The van der Waals surface area contributed by atoms with Gasteiger partial charge in [-0.1, -0.05) is 41.7 Å². The first kappa shape index (κ1) is 18.2. The summed E-state index contributed by atoms with van der Waals surface area (Å²) in [5.74, 6) is 0.874. The maximum absolute atomic E-state index is 13.2. The van der Waals surface area contributed by atoms with Crippen molar-refractivity contribution in [1.29, 1.82) is 0 Å². The van der Waals surface area contributed by atoms with Crippen molar-refractivity contribution in [2.75, 3.05) is 7.11 Å². The third-order valence-electron chi connectivity index (χ3n) is 4.58. The van der Waals surface area contributed by atoms with E-state index in [1.807, 2.05) is 49.4 Å². The van der Waals surface area contributed by atoms with Crippen molar-refractivity contribution >= 4 is 23.4 Å². The molecule has 0 amide bonds. The SMILES string of the molecule is COC(=O)C1=C(C)N=c2s/c(=C\c3ccc(C)o3)c(=O)n2C1c1ccccc1. The Morgan fingerprint density at radius 2 is 1.96 bits per heavy atom. The molecule has 142 valence electrons. The van der Waals surface area contributed by atoms with Crippen LogP contribution in [0.15, 0.2) is 67.9 Å². The molecule has 3 heterocycles.